The van der Waals surface area contributed by atoms with Crippen molar-refractivity contribution in [1.82, 2.24) is 5.32 Å². The minimum absolute atomic E-state index is 0.00913. The number of rotatable bonds is 5. The number of Topliss-reactive ketones (excluding diaryl/α,β-unsaturated/α-hetero) is 1. The number of nitrogens with one attached hydrogen (secondary N) is 1. The lowest BCUT2D eigenvalue weighted by Gasteiger charge is -2.39. The number of carbonyl (C=O) groups is 2. The molecule has 2 aliphatic heterocycles. The standard InChI is InChI=1S/C30H31N3O3S/c1-18-13-20-7-5-6-8-24(20)33(18)26(35)17-37-29-22(16-31)27(19-9-11-21(36-4)12-10-19)28-23(32-29)14-30(2,3)15-25(28)34/h5-12,18,27,32H,13-15,17H2,1-4H3/t18-,27-/m1/s1. The lowest BCUT2D eigenvalue weighted by atomic mass is 9.69. The van der Waals surface area contributed by atoms with Crippen LogP contribution < -0.4 is 15.0 Å². The number of ether oxygens (including phenoxy) is 1. The largest absolute Gasteiger partial charge is 0.497 e. The number of para-hydroxylation sites is 1. The van der Waals surface area contributed by atoms with E-state index in [0.717, 1.165) is 23.4 Å². The molecule has 190 valence electrons. The number of allylic oxidation sites excluding steroid dienone is 3. The molecule has 37 heavy (non-hydrogen) atoms. The first-order chi connectivity index (χ1) is 17.7. The van der Waals surface area contributed by atoms with Gasteiger partial charge in [0, 0.05) is 29.4 Å². The number of dihydropyridines is 1. The number of nitrogens with zero attached hydrogens (tertiary/aromatic N) is 2. The number of methoxy groups -OCH3 is 1. The van der Waals surface area contributed by atoms with E-state index < -0.39 is 5.92 Å². The first-order valence-electron chi connectivity index (χ1n) is 12.6. The van der Waals surface area contributed by atoms with Gasteiger partial charge in [0.2, 0.25) is 5.91 Å². The molecular weight excluding hydrogens is 482 g/mol. The van der Waals surface area contributed by atoms with Gasteiger partial charge in [0.25, 0.3) is 0 Å². The number of carbonyl (C=O) groups excluding carboxylic acids is 2. The van der Waals surface area contributed by atoms with Gasteiger partial charge in [-0.05, 0) is 54.5 Å². The molecule has 1 aliphatic carbocycles. The van der Waals surface area contributed by atoms with Crippen LogP contribution in [0.4, 0.5) is 5.69 Å². The lowest BCUT2D eigenvalue weighted by Crippen LogP contribution is -2.38. The molecule has 0 saturated carbocycles. The maximum atomic E-state index is 13.4. The Hall–Kier alpha value is -3.50. The van der Waals surface area contributed by atoms with E-state index in [0.29, 0.717) is 34.8 Å². The lowest BCUT2D eigenvalue weighted by molar-refractivity contribution is -0.118. The zero-order chi connectivity index (χ0) is 26.3. The van der Waals surface area contributed by atoms with Crippen LogP contribution >= 0.6 is 11.8 Å². The highest BCUT2D eigenvalue weighted by Gasteiger charge is 2.42. The van der Waals surface area contributed by atoms with Gasteiger partial charge in [-0.1, -0.05) is 55.9 Å². The van der Waals surface area contributed by atoms with Crippen molar-refractivity contribution in [3.8, 4) is 11.8 Å². The zero-order valence-electron chi connectivity index (χ0n) is 21.6. The second-order valence-corrected chi connectivity index (χ2v) is 11.7. The van der Waals surface area contributed by atoms with Crippen molar-refractivity contribution < 1.29 is 14.3 Å². The molecule has 7 heteroatoms. The van der Waals surface area contributed by atoms with Crippen LogP contribution in [0.1, 0.15) is 50.7 Å². The summed E-state index contributed by atoms with van der Waals surface area (Å²) in [5.74, 6) is 0.511. The van der Waals surface area contributed by atoms with Crippen molar-refractivity contribution in [3.05, 3.63) is 81.5 Å². The summed E-state index contributed by atoms with van der Waals surface area (Å²) in [6.45, 7) is 6.24. The summed E-state index contributed by atoms with van der Waals surface area (Å²) in [5, 5.41) is 14.4. The summed E-state index contributed by atoms with van der Waals surface area (Å²) in [6.07, 6.45) is 1.98. The van der Waals surface area contributed by atoms with Gasteiger partial charge in [0.1, 0.15) is 5.75 Å². The number of hydrogen-bond acceptors (Lipinski definition) is 6. The zero-order valence-corrected chi connectivity index (χ0v) is 22.4. The van der Waals surface area contributed by atoms with Crippen molar-refractivity contribution >= 4 is 29.1 Å². The van der Waals surface area contributed by atoms with E-state index in [9.17, 15) is 14.9 Å². The van der Waals surface area contributed by atoms with Gasteiger partial charge < -0.3 is 15.0 Å². The van der Waals surface area contributed by atoms with E-state index in [1.165, 1.54) is 17.3 Å². The number of anilines is 1. The van der Waals surface area contributed by atoms with Gasteiger partial charge in [-0.3, -0.25) is 9.59 Å². The Bertz CT molecular complexity index is 1370. The minimum atomic E-state index is -0.472. The molecule has 0 radical (unpaired) electrons. The van der Waals surface area contributed by atoms with Crippen LogP contribution in [0.3, 0.4) is 0 Å². The van der Waals surface area contributed by atoms with Crippen LogP contribution in [0.25, 0.3) is 0 Å². The van der Waals surface area contributed by atoms with Crippen LogP contribution in [0.15, 0.2) is 70.4 Å². The van der Waals surface area contributed by atoms with E-state index >= 15 is 0 Å². The molecule has 2 aromatic carbocycles. The van der Waals surface area contributed by atoms with Crippen LogP contribution in [0.5, 0.6) is 5.75 Å². The summed E-state index contributed by atoms with van der Waals surface area (Å²) in [6, 6.07) is 18.0. The van der Waals surface area contributed by atoms with Gasteiger partial charge in [-0.25, -0.2) is 0 Å². The Kier molecular flexibility index (Phi) is 6.63. The monoisotopic (exact) mass is 513 g/mol. The molecule has 2 aromatic rings. The number of hydrogen-bond donors (Lipinski definition) is 1. The van der Waals surface area contributed by atoms with E-state index in [-0.39, 0.29) is 28.9 Å². The fraction of sp³-hybridized carbons (Fsp3) is 0.367. The second kappa shape index (κ2) is 9.75. The summed E-state index contributed by atoms with van der Waals surface area (Å²) in [4.78, 5) is 28.7. The third-order valence-electron chi connectivity index (χ3n) is 7.39. The van der Waals surface area contributed by atoms with Crippen LogP contribution in [-0.4, -0.2) is 30.6 Å². The van der Waals surface area contributed by atoms with Gasteiger partial charge in [-0.15, -0.1) is 0 Å². The topological polar surface area (TPSA) is 82.4 Å². The molecule has 2 heterocycles. The van der Waals surface area contributed by atoms with E-state index in [2.05, 4.69) is 38.2 Å². The Morgan fingerprint density at radius 2 is 1.92 bits per heavy atom. The predicted molar refractivity (Wildman–Crippen MR) is 146 cm³/mol. The molecule has 0 spiro atoms. The van der Waals surface area contributed by atoms with Crippen molar-refractivity contribution in [2.24, 2.45) is 5.41 Å². The Morgan fingerprint density at radius 1 is 1.19 bits per heavy atom. The van der Waals surface area contributed by atoms with Crippen molar-refractivity contribution in [2.75, 3.05) is 17.8 Å². The van der Waals surface area contributed by atoms with Crippen molar-refractivity contribution in [1.29, 1.82) is 5.26 Å². The van der Waals surface area contributed by atoms with Gasteiger partial charge >= 0.3 is 0 Å². The maximum absolute atomic E-state index is 13.4. The molecule has 0 aromatic heterocycles. The molecule has 1 N–H and O–H groups in total. The Morgan fingerprint density at radius 3 is 2.62 bits per heavy atom. The highest BCUT2D eigenvalue weighted by atomic mass is 32.2. The first kappa shape index (κ1) is 25.2. The molecule has 3 aliphatic rings. The highest BCUT2D eigenvalue weighted by Crippen LogP contribution is 2.48. The summed E-state index contributed by atoms with van der Waals surface area (Å²) >= 11 is 1.35. The smallest absolute Gasteiger partial charge is 0.237 e. The van der Waals surface area contributed by atoms with Crippen LogP contribution in [-0.2, 0) is 16.0 Å². The number of fused-ring (bicyclic) bond motifs is 1. The molecule has 0 unspecified atom stereocenters. The quantitative estimate of drug-likeness (QED) is 0.571. The molecule has 1 amide bonds. The third-order valence-corrected chi connectivity index (χ3v) is 8.39. The number of nitriles is 1. The normalized spacial score (nSPS) is 22.2. The Balaban J connectivity index is 1.48. The third kappa shape index (κ3) is 4.67. The summed E-state index contributed by atoms with van der Waals surface area (Å²) in [5.41, 5.74) is 4.83. The summed E-state index contributed by atoms with van der Waals surface area (Å²) in [7, 11) is 1.61. The highest BCUT2D eigenvalue weighted by molar-refractivity contribution is 8.03. The maximum Gasteiger partial charge on any atom is 0.237 e. The van der Waals surface area contributed by atoms with Crippen molar-refractivity contribution in [3.63, 3.8) is 0 Å². The SMILES string of the molecule is COc1ccc([C@@H]2C(C#N)=C(SCC(=O)N3c4ccccc4C[C@H]3C)NC3=C2C(=O)CC(C)(C)C3)cc1. The Labute approximate surface area is 222 Å². The molecule has 2 atom stereocenters. The molecule has 5 rings (SSSR count). The molecular formula is C30H31N3O3S. The average molecular weight is 514 g/mol. The number of thioether (sulfide) groups is 1. The molecule has 6 nitrogen and oxygen atoms in total. The van der Waals surface area contributed by atoms with Crippen LogP contribution in [0, 0.1) is 16.7 Å². The molecule has 0 fully saturated rings. The van der Waals surface area contributed by atoms with Gasteiger partial charge in [0.15, 0.2) is 5.78 Å². The summed E-state index contributed by atoms with van der Waals surface area (Å²) < 4.78 is 5.32. The number of ketones is 1. The fourth-order valence-corrected chi connectivity index (χ4v) is 6.69. The number of benzene rings is 2. The van der Waals surface area contributed by atoms with E-state index in [4.69, 9.17) is 4.74 Å². The van der Waals surface area contributed by atoms with Gasteiger partial charge in [-0.2, -0.15) is 5.26 Å². The molecule has 0 saturated heterocycles. The number of amides is 1. The fourth-order valence-electron chi connectivity index (χ4n) is 5.77. The molecule has 0 bridgehead atoms. The second-order valence-electron chi connectivity index (χ2n) is 10.8. The average Bonchev–Trinajstić information content (AvgIpc) is 3.21. The van der Waals surface area contributed by atoms with E-state index in [1.807, 2.05) is 47.4 Å². The van der Waals surface area contributed by atoms with Crippen LogP contribution in [0.2, 0.25) is 0 Å². The van der Waals surface area contributed by atoms with E-state index in [1.54, 1.807) is 7.11 Å². The first-order valence-corrected chi connectivity index (χ1v) is 13.5. The predicted octanol–water partition coefficient (Wildman–Crippen LogP) is 5.47. The minimum Gasteiger partial charge on any atom is -0.497 e. The van der Waals surface area contributed by atoms with Crippen molar-refractivity contribution in [2.45, 2.75) is 52.0 Å². The van der Waals surface area contributed by atoms with Gasteiger partial charge in [0.05, 0.1) is 35.5 Å².